The number of hydrogen-bond acceptors (Lipinski definition) is 2. The minimum absolute atomic E-state index is 0.171. The minimum atomic E-state index is -0.171. The van der Waals surface area contributed by atoms with Crippen LogP contribution in [0.25, 0.3) is 0 Å². The van der Waals surface area contributed by atoms with Crippen LogP contribution in [0.1, 0.15) is 26.2 Å². The van der Waals surface area contributed by atoms with Gasteiger partial charge in [-0.25, -0.2) is 0 Å². The number of carbonyl (C=O) groups is 1. The van der Waals surface area contributed by atoms with Gasteiger partial charge in [0.15, 0.2) is 0 Å². The van der Waals surface area contributed by atoms with Gasteiger partial charge in [-0.05, 0) is 6.42 Å². The summed E-state index contributed by atoms with van der Waals surface area (Å²) in [5.41, 5.74) is 0. The molecule has 1 atom stereocenters. The van der Waals surface area contributed by atoms with Gasteiger partial charge in [-0.1, -0.05) is 38.2 Å². The van der Waals surface area contributed by atoms with Crippen LogP contribution in [0.3, 0.4) is 0 Å². The minimum Gasteiger partial charge on any atom is -0.460 e. The molecule has 0 spiro atoms. The molecule has 12 heavy (non-hydrogen) atoms. The molecular formula is C10H16O2. The van der Waals surface area contributed by atoms with Crippen molar-refractivity contribution in [3.05, 3.63) is 24.8 Å². The molecule has 0 saturated heterocycles. The van der Waals surface area contributed by atoms with E-state index >= 15 is 0 Å². The summed E-state index contributed by atoms with van der Waals surface area (Å²) in [7, 11) is 0. The topological polar surface area (TPSA) is 26.3 Å². The molecule has 0 heterocycles. The molecule has 2 heteroatoms. The molecule has 0 aliphatic carbocycles. The van der Waals surface area contributed by atoms with E-state index in [1.165, 1.54) is 0 Å². The highest BCUT2D eigenvalue weighted by Crippen LogP contribution is 2.00. The van der Waals surface area contributed by atoms with E-state index in [9.17, 15) is 4.79 Å². The molecule has 0 bridgehead atoms. The molecule has 2 nitrogen and oxygen atoms in total. The van der Waals surface area contributed by atoms with E-state index in [0.29, 0.717) is 6.47 Å². The van der Waals surface area contributed by atoms with Crippen LogP contribution in [0.15, 0.2) is 24.8 Å². The van der Waals surface area contributed by atoms with Gasteiger partial charge >= 0.3 is 0 Å². The summed E-state index contributed by atoms with van der Waals surface area (Å²) in [5, 5.41) is 0. The molecule has 0 amide bonds. The largest absolute Gasteiger partial charge is 0.460 e. The van der Waals surface area contributed by atoms with Crippen molar-refractivity contribution < 1.29 is 9.53 Å². The molecule has 0 rings (SSSR count). The smallest absolute Gasteiger partial charge is 0.293 e. The first kappa shape index (κ1) is 11.0. The van der Waals surface area contributed by atoms with Crippen LogP contribution in [0.5, 0.6) is 0 Å². The fourth-order valence-corrected chi connectivity index (χ4v) is 0.794. The van der Waals surface area contributed by atoms with Gasteiger partial charge in [0.2, 0.25) is 0 Å². The Labute approximate surface area is 73.9 Å². The summed E-state index contributed by atoms with van der Waals surface area (Å²) in [6, 6.07) is 0. The van der Waals surface area contributed by atoms with Crippen molar-refractivity contribution in [3.63, 3.8) is 0 Å². The van der Waals surface area contributed by atoms with Crippen LogP contribution < -0.4 is 0 Å². The third-order valence-electron chi connectivity index (χ3n) is 1.48. The van der Waals surface area contributed by atoms with E-state index < -0.39 is 0 Å². The Kier molecular flexibility index (Phi) is 7.35. The lowest BCUT2D eigenvalue weighted by atomic mass is 10.2. The van der Waals surface area contributed by atoms with Crippen LogP contribution in [0.4, 0.5) is 0 Å². The van der Waals surface area contributed by atoms with Gasteiger partial charge in [0, 0.05) is 6.42 Å². The maximum Gasteiger partial charge on any atom is 0.293 e. The van der Waals surface area contributed by atoms with E-state index in [4.69, 9.17) is 4.74 Å². The Bertz CT molecular complexity index is 150. The Morgan fingerprint density at radius 2 is 2.25 bits per heavy atom. The van der Waals surface area contributed by atoms with Gasteiger partial charge in [0.1, 0.15) is 6.10 Å². The normalized spacial score (nSPS) is 12.8. The van der Waals surface area contributed by atoms with Crippen LogP contribution in [-0.2, 0) is 9.53 Å². The zero-order valence-electron chi connectivity index (χ0n) is 7.53. The third-order valence-corrected chi connectivity index (χ3v) is 1.48. The SMILES string of the molecule is C=C[C@@H](CC=CCCC)OC=O. The van der Waals surface area contributed by atoms with E-state index in [-0.39, 0.29) is 6.10 Å². The van der Waals surface area contributed by atoms with Crippen LogP contribution >= 0.6 is 0 Å². The lowest BCUT2D eigenvalue weighted by Crippen LogP contribution is -2.06. The second-order valence-corrected chi connectivity index (χ2v) is 2.50. The zero-order chi connectivity index (χ0) is 9.23. The maximum atomic E-state index is 9.97. The second-order valence-electron chi connectivity index (χ2n) is 2.50. The first-order chi connectivity index (χ1) is 5.85. The molecular weight excluding hydrogens is 152 g/mol. The number of hydrogen-bond donors (Lipinski definition) is 0. The molecule has 0 aliphatic rings. The first-order valence-electron chi connectivity index (χ1n) is 4.21. The van der Waals surface area contributed by atoms with Gasteiger partial charge in [-0.2, -0.15) is 0 Å². The summed E-state index contributed by atoms with van der Waals surface area (Å²) >= 11 is 0. The zero-order valence-corrected chi connectivity index (χ0v) is 7.53. The maximum absolute atomic E-state index is 9.97. The molecule has 0 radical (unpaired) electrons. The standard InChI is InChI=1S/C10H16O2/c1-3-5-6-7-8-10(4-2)12-9-11/h4,6-7,9-10H,2-3,5,8H2,1H3/t10-/m0/s1. The van der Waals surface area contributed by atoms with Gasteiger partial charge in [-0.15, -0.1) is 0 Å². The van der Waals surface area contributed by atoms with E-state index in [1.807, 2.05) is 6.08 Å². The number of rotatable bonds is 7. The number of carbonyl (C=O) groups excluding carboxylic acids is 1. The summed E-state index contributed by atoms with van der Waals surface area (Å²) in [5.74, 6) is 0. The first-order valence-corrected chi connectivity index (χ1v) is 4.21. The van der Waals surface area contributed by atoms with Crippen LogP contribution in [0.2, 0.25) is 0 Å². The quantitative estimate of drug-likeness (QED) is 0.431. The van der Waals surface area contributed by atoms with Crippen molar-refractivity contribution in [2.75, 3.05) is 0 Å². The van der Waals surface area contributed by atoms with E-state index in [0.717, 1.165) is 19.3 Å². The average molecular weight is 168 g/mol. The molecule has 0 aromatic rings. The predicted octanol–water partition coefficient (Wildman–Crippen LogP) is 2.46. The number of allylic oxidation sites excluding steroid dienone is 1. The van der Waals surface area contributed by atoms with Crippen molar-refractivity contribution in [2.45, 2.75) is 32.3 Å². The Morgan fingerprint density at radius 3 is 2.75 bits per heavy atom. The highest BCUT2D eigenvalue weighted by atomic mass is 16.5. The summed E-state index contributed by atoms with van der Waals surface area (Å²) in [4.78, 5) is 9.97. The molecule has 0 aromatic heterocycles. The van der Waals surface area contributed by atoms with Crippen molar-refractivity contribution in [1.82, 2.24) is 0 Å². The Hall–Kier alpha value is -1.05. The van der Waals surface area contributed by atoms with Crippen molar-refractivity contribution in [3.8, 4) is 0 Å². The lowest BCUT2D eigenvalue weighted by molar-refractivity contribution is -0.131. The predicted molar refractivity (Wildman–Crippen MR) is 49.8 cm³/mol. The van der Waals surface area contributed by atoms with Gasteiger partial charge in [-0.3, -0.25) is 4.79 Å². The van der Waals surface area contributed by atoms with Crippen LogP contribution in [-0.4, -0.2) is 12.6 Å². The highest BCUT2D eigenvalue weighted by Gasteiger charge is 1.98. The molecule has 0 aromatic carbocycles. The van der Waals surface area contributed by atoms with Crippen molar-refractivity contribution in [2.24, 2.45) is 0 Å². The number of unbranched alkanes of at least 4 members (excludes halogenated alkanes) is 1. The highest BCUT2D eigenvalue weighted by molar-refractivity contribution is 5.38. The summed E-state index contributed by atoms with van der Waals surface area (Å²) < 4.78 is 4.72. The van der Waals surface area contributed by atoms with E-state index in [2.05, 4.69) is 19.6 Å². The second kappa shape index (κ2) is 8.05. The van der Waals surface area contributed by atoms with Gasteiger partial charge in [0.25, 0.3) is 6.47 Å². The molecule has 0 N–H and O–H groups in total. The average Bonchev–Trinajstić information content (AvgIpc) is 2.10. The molecule has 0 saturated carbocycles. The van der Waals surface area contributed by atoms with E-state index in [1.54, 1.807) is 6.08 Å². The van der Waals surface area contributed by atoms with Gasteiger partial charge in [0.05, 0.1) is 0 Å². The number of ether oxygens (including phenoxy) is 1. The molecule has 68 valence electrons. The monoisotopic (exact) mass is 168 g/mol. The van der Waals surface area contributed by atoms with Crippen molar-refractivity contribution in [1.29, 1.82) is 0 Å². The third kappa shape index (κ3) is 5.71. The Balaban J connectivity index is 3.56. The molecule has 0 fully saturated rings. The fourth-order valence-electron chi connectivity index (χ4n) is 0.794. The van der Waals surface area contributed by atoms with Crippen molar-refractivity contribution >= 4 is 6.47 Å². The molecule has 0 unspecified atom stereocenters. The molecule has 0 aliphatic heterocycles. The summed E-state index contributed by atoms with van der Waals surface area (Å²) in [6.45, 7) is 6.14. The fraction of sp³-hybridized carbons (Fsp3) is 0.500. The lowest BCUT2D eigenvalue weighted by Gasteiger charge is -2.05. The Morgan fingerprint density at radius 1 is 1.50 bits per heavy atom. The van der Waals surface area contributed by atoms with Crippen LogP contribution in [0, 0.1) is 0 Å². The van der Waals surface area contributed by atoms with Gasteiger partial charge < -0.3 is 4.74 Å². The summed E-state index contributed by atoms with van der Waals surface area (Å²) in [6.07, 6.45) is 8.50.